The third-order valence-electron chi connectivity index (χ3n) is 5.46. The molecule has 5 heterocycles. The molecule has 27 heavy (non-hydrogen) atoms. The van der Waals surface area contributed by atoms with Gasteiger partial charge < -0.3 is 14.8 Å². The monoisotopic (exact) mass is 361 g/mol. The van der Waals surface area contributed by atoms with Gasteiger partial charge in [0.25, 0.3) is 0 Å². The van der Waals surface area contributed by atoms with Gasteiger partial charge in [-0.2, -0.15) is 0 Å². The zero-order valence-corrected chi connectivity index (χ0v) is 15.3. The smallest absolute Gasteiger partial charge is 0.180 e. The minimum Gasteiger partial charge on any atom is -0.354 e. The highest BCUT2D eigenvalue weighted by molar-refractivity contribution is 5.58. The molecule has 2 aliphatic heterocycles. The van der Waals surface area contributed by atoms with Crippen LogP contribution in [0.3, 0.4) is 0 Å². The second-order valence-electron chi connectivity index (χ2n) is 7.16. The fraction of sp³-hybridized carbons (Fsp3) is 0.400. The van der Waals surface area contributed by atoms with Crippen molar-refractivity contribution in [1.29, 1.82) is 0 Å². The van der Waals surface area contributed by atoms with Crippen LogP contribution in [0.2, 0.25) is 0 Å². The predicted molar refractivity (Wildman–Crippen MR) is 104 cm³/mol. The molecular weight excluding hydrogens is 338 g/mol. The van der Waals surface area contributed by atoms with E-state index in [2.05, 4.69) is 30.9 Å². The Kier molecular flexibility index (Phi) is 4.29. The number of fused-ring (bicyclic) bond motifs is 1. The van der Waals surface area contributed by atoms with Gasteiger partial charge in [0, 0.05) is 50.2 Å². The number of nitrogens with one attached hydrogen (secondary N) is 1. The lowest BCUT2D eigenvalue weighted by molar-refractivity contribution is 0.551. The minimum absolute atomic E-state index is 0.445. The molecule has 3 aromatic rings. The van der Waals surface area contributed by atoms with Crippen molar-refractivity contribution in [1.82, 2.24) is 29.8 Å². The molecular formula is C20H23N7. The molecule has 2 aliphatic rings. The van der Waals surface area contributed by atoms with Crippen LogP contribution in [-0.4, -0.2) is 50.7 Å². The van der Waals surface area contributed by atoms with Crippen molar-refractivity contribution >= 4 is 5.82 Å². The van der Waals surface area contributed by atoms with Gasteiger partial charge in [-0.1, -0.05) is 6.07 Å². The molecule has 3 aromatic heterocycles. The van der Waals surface area contributed by atoms with E-state index in [1.807, 2.05) is 30.7 Å². The van der Waals surface area contributed by atoms with Crippen LogP contribution in [0, 0.1) is 0 Å². The first kappa shape index (κ1) is 16.4. The highest BCUT2D eigenvalue weighted by Gasteiger charge is 2.28. The molecule has 1 saturated heterocycles. The van der Waals surface area contributed by atoms with Crippen molar-refractivity contribution < 1.29 is 0 Å². The van der Waals surface area contributed by atoms with Crippen LogP contribution in [0.4, 0.5) is 5.82 Å². The Balaban J connectivity index is 1.54. The minimum atomic E-state index is 0.445. The quantitative estimate of drug-likeness (QED) is 0.768. The first-order chi connectivity index (χ1) is 13.4. The van der Waals surface area contributed by atoms with Gasteiger partial charge in [0.15, 0.2) is 5.82 Å². The van der Waals surface area contributed by atoms with Gasteiger partial charge in [-0.05, 0) is 31.5 Å². The number of rotatable bonds is 3. The van der Waals surface area contributed by atoms with Crippen LogP contribution in [-0.2, 0) is 12.8 Å². The normalized spacial score (nSPS) is 19.7. The molecule has 0 bridgehead atoms. The van der Waals surface area contributed by atoms with Crippen LogP contribution < -0.4 is 10.2 Å². The number of nitrogens with zero attached hydrogens (tertiary/aromatic N) is 6. The lowest BCUT2D eigenvalue weighted by atomic mass is 10.1. The summed E-state index contributed by atoms with van der Waals surface area (Å²) >= 11 is 0. The summed E-state index contributed by atoms with van der Waals surface area (Å²) in [5.41, 5.74) is 3.30. The van der Waals surface area contributed by atoms with E-state index in [1.165, 1.54) is 5.56 Å². The van der Waals surface area contributed by atoms with Gasteiger partial charge in [0.1, 0.15) is 11.5 Å². The first-order valence-corrected chi connectivity index (χ1v) is 9.63. The first-order valence-electron chi connectivity index (χ1n) is 9.63. The van der Waals surface area contributed by atoms with Crippen molar-refractivity contribution in [2.75, 3.05) is 31.1 Å². The fourth-order valence-electron chi connectivity index (χ4n) is 4.06. The zero-order valence-electron chi connectivity index (χ0n) is 15.3. The van der Waals surface area contributed by atoms with Crippen molar-refractivity contribution in [2.45, 2.75) is 25.3 Å². The van der Waals surface area contributed by atoms with Crippen molar-refractivity contribution in [3.05, 3.63) is 54.4 Å². The van der Waals surface area contributed by atoms with Gasteiger partial charge in [-0.25, -0.2) is 15.0 Å². The van der Waals surface area contributed by atoms with Crippen LogP contribution in [0.1, 0.15) is 23.7 Å². The number of aromatic nitrogens is 5. The van der Waals surface area contributed by atoms with Gasteiger partial charge in [0.2, 0.25) is 0 Å². The summed E-state index contributed by atoms with van der Waals surface area (Å²) in [6.07, 6.45) is 10.6. The van der Waals surface area contributed by atoms with E-state index >= 15 is 0 Å². The molecule has 1 fully saturated rings. The van der Waals surface area contributed by atoms with E-state index in [0.29, 0.717) is 6.04 Å². The summed E-state index contributed by atoms with van der Waals surface area (Å²) in [5.74, 6) is 1.82. The average molecular weight is 361 g/mol. The molecule has 0 spiro atoms. The summed E-state index contributed by atoms with van der Waals surface area (Å²) < 4.78 is 2.21. The summed E-state index contributed by atoms with van der Waals surface area (Å²) in [7, 11) is 0. The molecule has 138 valence electrons. The number of imidazole rings is 1. The van der Waals surface area contributed by atoms with E-state index in [-0.39, 0.29) is 0 Å². The summed E-state index contributed by atoms with van der Waals surface area (Å²) in [4.78, 5) is 21.0. The predicted octanol–water partition coefficient (Wildman–Crippen LogP) is 1.87. The van der Waals surface area contributed by atoms with Crippen molar-refractivity contribution in [3.8, 4) is 11.5 Å². The second-order valence-corrected chi connectivity index (χ2v) is 7.16. The molecule has 0 saturated carbocycles. The highest BCUT2D eigenvalue weighted by Crippen LogP contribution is 2.31. The number of hydrogen-bond donors (Lipinski definition) is 1. The van der Waals surface area contributed by atoms with Crippen LogP contribution in [0.5, 0.6) is 0 Å². The van der Waals surface area contributed by atoms with Gasteiger partial charge in [-0.3, -0.25) is 4.98 Å². The van der Waals surface area contributed by atoms with Crippen LogP contribution >= 0.6 is 0 Å². The molecule has 1 N–H and O–H groups in total. The lowest BCUT2D eigenvalue weighted by Crippen LogP contribution is -2.25. The van der Waals surface area contributed by atoms with Crippen molar-refractivity contribution in [3.63, 3.8) is 0 Å². The van der Waals surface area contributed by atoms with Crippen LogP contribution in [0.25, 0.3) is 11.5 Å². The molecule has 0 aromatic carbocycles. The van der Waals surface area contributed by atoms with Crippen LogP contribution in [0.15, 0.2) is 43.1 Å². The molecule has 5 rings (SSSR count). The van der Waals surface area contributed by atoms with E-state index in [9.17, 15) is 0 Å². The van der Waals surface area contributed by atoms with E-state index in [0.717, 1.165) is 68.5 Å². The van der Waals surface area contributed by atoms with Gasteiger partial charge in [-0.15, -0.1) is 0 Å². The third-order valence-corrected chi connectivity index (χ3v) is 5.46. The van der Waals surface area contributed by atoms with Gasteiger partial charge >= 0.3 is 0 Å². The maximum Gasteiger partial charge on any atom is 0.180 e. The molecule has 7 heteroatoms. The van der Waals surface area contributed by atoms with E-state index < -0.39 is 0 Å². The standard InChI is InChI=1S/C20H23N7/c1-2-7-23-18(3-1)19-24-17-5-9-21-8-4-16(17)20(25-19)26-11-6-15(13-26)27-12-10-22-14-27/h1-3,7,10,12,14-15,21H,4-6,8-9,11,13H2/t15-/m0/s1. The Hall–Kier alpha value is -2.80. The number of anilines is 1. The maximum atomic E-state index is 5.00. The third kappa shape index (κ3) is 3.19. The summed E-state index contributed by atoms with van der Waals surface area (Å²) in [6.45, 7) is 3.89. The Bertz CT molecular complexity index is 908. The summed E-state index contributed by atoms with van der Waals surface area (Å²) in [5, 5.41) is 3.49. The molecule has 0 amide bonds. The lowest BCUT2D eigenvalue weighted by Gasteiger charge is -2.23. The number of hydrogen-bond acceptors (Lipinski definition) is 6. The van der Waals surface area contributed by atoms with Gasteiger partial charge in [0.05, 0.1) is 18.1 Å². The SMILES string of the molecule is c1ccc(-c2nc3c(c(N4CC[C@H](n5ccnc5)C4)n2)CCNCC3)nc1. The number of pyridine rings is 1. The average Bonchev–Trinajstić information content (AvgIpc) is 3.36. The van der Waals surface area contributed by atoms with E-state index in [4.69, 9.17) is 9.97 Å². The zero-order chi connectivity index (χ0) is 18.1. The Morgan fingerprint density at radius 2 is 2.04 bits per heavy atom. The van der Waals surface area contributed by atoms with E-state index in [1.54, 1.807) is 6.20 Å². The highest BCUT2D eigenvalue weighted by atomic mass is 15.3. The summed E-state index contributed by atoms with van der Waals surface area (Å²) in [6, 6.07) is 6.34. The Labute approximate surface area is 158 Å². The molecule has 1 atom stereocenters. The molecule has 0 unspecified atom stereocenters. The topological polar surface area (TPSA) is 71.8 Å². The second kappa shape index (κ2) is 7.08. The largest absolute Gasteiger partial charge is 0.354 e. The Morgan fingerprint density at radius 1 is 1.07 bits per heavy atom. The fourth-order valence-corrected chi connectivity index (χ4v) is 4.06. The molecule has 0 radical (unpaired) electrons. The Morgan fingerprint density at radius 3 is 2.89 bits per heavy atom. The maximum absolute atomic E-state index is 5.00. The molecule has 0 aliphatic carbocycles. The van der Waals surface area contributed by atoms with Crippen molar-refractivity contribution in [2.24, 2.45) is 0 Å². The molecule has 7 nitrogen and oxygen atoms in total.